The highest BCUT2D eigenvalue weighted by molar-refractivity contribution is 5.75. The molecule has 1 amide bonds. The molecule has 2 N–H and O–H groups in total. The number of carbonyl (C=O) groups is 1. The second kappa shape index (κ2) is 5.86. The fourth-order valence-electron chi connectivity index (χ4n) is 2.03. The van der Waals surface area contributed by atoms with Crippen LogP contribution in [-0.4, -0.2) is 30.4 Å². The van der Waals surface area contributed by atoms with Crippen molar-refractivity contribution in [1.29, 1.82) is 5.26 Å². The van der Waals surface area contributed by atoms with Gasteiger partial charge in [-0.1, -0.05) is 13.3 Å². The van der Waals surface area contributed by atoms with E-state index in [-0.39, 0.29) is 11.3 Å². The molecule has 0 spiro atoms. The minimum Gasteiger partial charge on any atom is -0.369 e. The number of nitrogens with two attached hydrogens (primary N) is 1. The zero-order valence-corrected chi connectivity index (χ0v) is 10.0. The van der Waals surface area contributed by atoms with E-state index in [9.17, 15) is 4.79 Å². The van der Waals surface area contributed by atoms with Crippen molar-refractivity contribution in [3.05, 3.63) is 0 Å². The Balaban J connectivity index is 2.43. The van der Waals surface area contributed by atoms with Crippen molar-refractivity contribution in [3.63, 3.8) is 0 Å². The molecule has 16 heavy (non-hydrogen) atoms. The number of amides is 1. The van der Waals surface area contributed by atoms with Gasteiger partial charge in [0.25, 0.3) is 0 Å². The number of hydrogen-bond acceptors (Lipinski definition) is 3. The molecule has 0 radical (unpaired) electrons. The van der Waals surface area contributed by atoms with Crippen LogP contribution in [0.2, 0.25) is 0 Å². The molecule has 0 aromatic heterocycles. The highest BCUT2D eigenvalue weighted by Gasteiger charge is 2.43. The number of carbonyl (C=O) groups excluding carboxylic acids is 1. The highest BCUT2D eigenvalue weighted by atomic mass is 16.1. The third-order valence-electron chi connectivity index (χ3n) is 3.18. The van der Waals surface area contributed by atoms with Crippen LogP contribution >= 0.6 is 0 Å². The average molecular weight is 223 g/mol. The predicted octanol–water partition coefficient (Wildman–Crippen LogP) is 1.27. The van der Waals surface area contributed by atoms with Crippen molar-refractivity contribution in [2.24, 2.45) is 11.1 Å². The van der Waals surface area contributed by atoms with Gasteiger partial charge in [0.2, 0.25) is 5.91 Å². The summed E-state index contributed by atoms with van der Waals surface area (Å²) in [6.45, 7) is 4.22. The quantitative estimate of drug-likeness (QED) is 0.673. The van der Waals surface area contributed by atoms with E-state index < -0.39 is 0 Å². The first-order valence-electron chi connectivity index (χ1n) is 5.99. The smallest absolute Gasteiger partial charge is 0.231 e. The molecule has 0 aromatic rings. The first-order chi connectivity index (χ1) is 7.62. The number of nitriles is 1. The number of primary amides is 1. The number of nitrogens with zero attached hydrogens (tertiary/aromatic N) is 2. The van der Waals surface area contributed by atoms with E-state index in [2.05, 4.69) is 17.9 Å². The maximum absolute atomic E-state index is 11.0. The van der Waals surface area contributed by atoms with Gasteiger partial charge in [-0.25, -0.2) is 0 Å². The van der Waals surface area contributed by atoms with Crippen molar-refractivity contribution in [2.75, 3.05) is 19.6 Å². The maximum atomic E-state index is 11.0. The summed E-state index contributed by atoms with van der Waals surface area (Å²) < 4.78 is 0. The Labute approximate surface area is 97.4 Å². The van der Waals surface area contributed by atoms with Gasteiger partial charge in [-0.2, -0.15) is 5.26 Å². The van der Waals surface area contributed by atoms with Gasteiger partial charge in [0.05, 0.1) is 12.6 Å². The van der Waals surface area contributed by atoms with Gasteiger partial charge in [0, 0.05) is 13.0 Å². The largest absolute Gasteiger partial charge is 0.369 e. The molecule has 0 saturated heterocycles. The Hall–Kier alpha value is -1.08. The van der Waals surface area contributed by atoms with Gasteiger partial charge in [0.15, 0.2) is 0 Å². The predicted molar refractivity (Wildman–Crippen MR) is 62.4 cm³/mol. The lowest BCUT2D eigenvalue weighted by molar-refractivity contribution is -0.119. The lowest BCUT2D eigenvalue weighted by Gasteiger charge is -2.24. The molecule has 1 fully saturated rings. The summed E-state index contributed by atoms with van der Waals surface area (Å²) in [7, 11) is 0. The maximum Gasteiger partial charge on any atom is 0.231 e. The summed E-state index contributed by atoms with van der Waals surface area (Å²) in [6, 6.07) is 2.24. The van der Waals surface area contributed by atoms with Crippen LogP contribution in [0.15, 0.2) is 0 Å². The molecule has 0 bridgehead atoms. The lowest BCUT2D eigenvalue weighted by atomic mass is 10.0. The van der Waals surface area contributed by atoms with E-state index in [0.29, 0.717) is 13.0 Å². The van der Waals surface area contributed by atoms with Crippen LogP contribution in [0, 0.1) is 16.7 Å². The van der Waals surface area contributed by atoms with Gasteiger partial charge in [-0.15, -0.1) is 0 Å². The molecule has 1 aliphatic rings. The van der Waals surface area contributed by atoms with Crippen LogP contribution in [0.4, 0.5) is 0 Å². The van der Waals surface area contributed by atoms with Gasteiger partial charge in [0.1, 0.15) is 0 Å². The molecule has 90 valence electrons. The monoisotopic (exact) mass is 223 g/mol. The molecular formula is C12H21N3O. The Kier molecular flexibility index (Phi) is 4.75. The van der Waals surface area contributed by atoms with Gasteiger partial charge >= 0.3 is 0 Å². The minimum absolute atomic E-state index is 0.165. The second-order valence-corrected chi connectivity index (χ2v) is 4.87. The van der Waals surface area contributed by atoms with Crippen molar-refractivity contribution in [3.8, 4) is 6.07 Å². The zero-order valence-electron chi connectivity index (χ0n) is 10.0. The Bertz CT molecular complexity index is 278. The van der Waals surface area contributed by atoms with Gasteiger partial charge < -0.3 is 5.73 Å². The molecule has 0 heterocycles. The van der Waals surface area contributed by atoms with Crippen LogP contribution in [0.3, 0.4) is 0 Å². The fraction of sp³-hybridized carbons (Fsp3) is 0.833. The summed E-state index contributed by atoms with van der Waals surface area (Å²) in [4.78, 5) is 13.1. The van der Waals surface area contributed by atoms with Crippen LogP contribution in [0.5, 0.6) is 0 Å². The SMILES string of the molecule is CCCCN(CC(N)=O)CC1(CC#N)CC1. The summed E-state index contributed by atoms with van der Waals surface area (Å²) in [5.41, 5.74) is 5.40. The van der Waals surface area contributed by atoms with Crippen LogP contribution < -0.4 is 5.73 Å². The average Bonchev–Trinajstić information content (AvgIpc) is 2.94. The van der Waals surface area contributed by atoms with E-state index in [1.807, 2.05) is 0 Å². The number of hydrogen-bond donors (Lipinski definition) is 1. The fourth-order valence-corrected chi connectivity index (χ4v) is 2.03. The molecule has 1 aliphatic carbocycles. The second-order valence-electron chi connectivity index (χ2n) is 4.87. The highest BCUT2D eigenvalue weighted by Crippen LogP contribution is 2.49. The topological polar surface area (TPSA) is 70.1 Å². The number of rotatable bonds is 8. The molecule has 1 rings (SSSR count). The molecular weight excluding hydrogens is 202 g/mol. The normalized spacial score (nSPS) is 17.1. The summed E-state index contributed by atoms with van der Waals surface area (Å²) in [5.74, 6) is -0.274. The minimum atomic E-state index is -0.274. The van der Waals surface area contributed by atoms with Crippen LogP contribution in [0.25, 0.3) is 0 Å². The lowest BCUT2D eigenvalue weighted by Crippen LogP contribution is -2.38. The van der Waals surface area contributed by atoms with Gasteiger partial charge in [-0.3, -0.25) is 9.69 Å². The van der Waals surface area contributed by atoms with Crippen molar-refractivity contribution in [2.45, 2.75) is 39.0 Å². The van der Waals surface area contributed by atoms with E-state index in [0.717, 1.165) is 38.8 Å². The molecule has 0 aliphatic heterocycles. The Morgan fingerprint density at radius 2 is 2.25 bits per heavy atom. The van der Waals surface area contributed by atoms with Crippen LogP contribution in [0.1, 0.15) is 39.0 Å². The van der Waals surface area contributed by atoms with Crippen molar-refractivity contribution < 1.29 is 4.79 Å². The Morgan fingerprint density at radius 3 is 2.69 bits per heavy atom. The van der Waals surface area contributed by atoms with Crippen LogP contribution in [-0.2, 0) is 4.79 Å². The molecule has 0 atom stereocenters. The van der Waals surface area contributed by atoms with E-state index in [1.54, 1.807) is 0 Å². The number of unbranched alkanes of at least 4 members (excludes halogenated alkanes) is 1. The molecule has 4 heteroatoms. The first kappa shape index (κ1) is 13.0. The first-order valence-corrected chi connectivity index (χ1v) is 5.99. The Morgan fingerprint density at radius 1 is 1.56 bits per heavy atom. The van der Waals surface area contributed by atoms with E-state index in [1.165, 1.54) is 0 Å². The third-order valence-corrected chi connectivity index (χ3v) is 3.18. The summed E-state index contributed by atoms with van der Waals surface area (Å²) in [5, 5.41) is 8.75. The molecule has 0 aromatic carbocycles. The van der Waals surface area contributed by atoms with E-state index in [4.69, 9.17) is 11.0 Å². The summed E-state index contributed by atoms with van der Waals surface area (Å²) in [6.07, 6.45) is 5.02. The standard InChI is InChI=1S/C12H21N3O/c1-2-3-8-15(9-11(14)16)10-12(4-5-12)6-7-13/h2-6,8-10H2,1H3,(H2,14,16). The van der Waals surface area contributed by atoms with E-state index >= 15 is 0 Å². The summed E-state index contributed by atoms with van der Waals surface area (Å²) >= 11 is 0. The third kappa shape index (κ3) is 4.19. The van der Waals surface area contributed by atoms with Crippen molar-refractivity contribution in [1.82, 2.24) is 4.90 Å². The molecule has 4 nitrogen and oxygen atoms in total. The molecule has 0 unspecified atom stereocenters. The zero-order chi connectivity index (χ0) is 12.0. The molecule has 1 saturated carbocycles. The van der Waals surface area contributed by atoms with Gasteiger partial charge in [-0.05, 0) is 31.2 Å². The van der Waals surface area contributed by atoms with Crippen molar-refractivity contribution >= 4 is 5.91 Å².